The SMILES string of the molecule is O=C(COc1cccc(Cl)c1)N1CCCc2cc(S(=O)(=O)Nc3nccs3)ccc21. The molecule has 1 aliphatic rings. The molecule has 1 amide bonds. The van der Waals surface area contributed by atoms with Crippen LogP contribution < -0.4 is 14.4 Å². The summed E-state index contributed by atoms with van der Waals surface area (Å²) < 4.78 is 33.3. The molecule has 0 fully saturated rings. The Morgan fingerprint density at radius 1 is 1.27 bits per heavy atom. The van der Waals surface area contributed by atoms with Crippen LogP contribution in [0.2, 0.25) is 5.02 Å². The Balaban J connectivity index is 1.50. The number of nitrogens with zero attached hydrogens (tertiary/aromatic N) is 2. The Hall–Kier alpha value is -2.62. The van der Waals surface area contributed by atoms with Gasteiger partial charge in [0.05, 0.1) is 4.90 Å². The van der Waals surface area contributed by atoms with Crippen LogP contribution in [0.3, 0.4) is 0 Å². The minimum absolute atomic E-state index is 0.133. The van der Waals surface area contributed by atoms with Crippen LogP contribution in [0.5, 0.6) is 5.75 Å². The highest BCUT2D eigenvalue weighted by Gasteiger charge is 2.25. The summed E-state index contributed by atoms with van der Waals surface area (Å²) in [7, 11) is -3.75. The first-order chi connectivity index (χ1) is 14.4. The molecule has 2 aromatic carbocycles. The molecule has 1 aliphatic heterocycles. The van der Waals surface area contributed by atoms with Gasteiger partial charge in [-0.1, -0.05) is 17.7 Å². The maximum Gasteiger partial charge on any atom is 0.264 e. The van der Waals surface area contributed by atoms with Crippen LogP contribution in [-0.4, -0.2) is 32.5 Å². The van der Waals surface area contributed by atoms with Crippen LogP contribution in [0.15, 0.2) is 58.9 Å². The molecular formula is C20H18ClN3O4S2. The Morgan fingerprint density at radius 3 is 2.90 bits per heavy atom. The number of carbonyl (C=O) groups excluding carboxylic acids is 1. The quantitative estimate of drug-likeness (QED) is 0.597. The number of aryl methyl sites for hydroxylation is 1. The first kappa shape index (κ1) is 20.6. The first-order valence-electron chi connectivity index (χ1n) is 9.16. The fraction of sp³-hybridized carbons (Fsp3) is 0.200. The molecule has 7 nitrogen and oxygen atoms in total. The minimum Gasteiger partial charge on any atom is -0.484 e. The Morgan fingerprint density at radius 2 is 2.13 bits per heavy atom. The summed E-state index contributed by atoms with van der Waals surface area (Å²) in [6, 6.07) is 11.6. The van der Waals surface area contributed by atoms with Crippen LogP contribution >= 0.6 is 22.9 Å². The number of amides is 1. The number of ether oxygens (including phenoxy) is 1. The molecule has 156 valence electrons. The zero-order valence-corrected chi connectivity index (χ0v) is 18.1. The van der Waals surface area contributed by atoms with E-state index in [1.54, 1.807) is 46.7 Å². The van der Waals surface area contributed by atoms with Crippen LogP contribution in [-0.2, 0) is 21.2 Å². The van der Waals surface area contributed by atoms with Gasteiger partial charge in [-0.15, -0.1) is 11.3 Å². The van der Waals surface area contributed by atoms with E-state index in [1.807, 2.05) is 0 Å². The maximum atomic E-state index is 12.7. The van der Waals surface area contributed by atoms with Gasteiger partial charge in [-0.05, 0) is 54.8 Å². The Kier molecular flexibility index (Phi) is 5.94. The molecule has 0 saturated heterocycles. The molecule has 2 heterocycles. The molecule has 3 aromatic rings. The summed E-state index contributed by atoms with van der Waals surface area (Å²) in [6.07, 6.45) is 2.96. The second kappa shape index (κ2) is 8.63. The molecule has 0 atom stereocenters. The highest BCUT2D eigenvalue weighted by atomic mass is 35.5. The number of benzene rings is 2. The van der Waals surface area contributed by atoms with Crippen molar-refractivity contribution in [3.8, 4) is 5.75 Å². The van der Waals surface area contributed by atoms with E-state index in [4.69, 9.17) is 16.3 Å². The van der Waals surface area contributed by atoms with Gasteiger partial charge >= 0.3 is 0 Å². The Bertz CT molecular complexity index is 1170. The van der Waals surface area contributed by atoms with E-state index >= 15 is 0 Å². The third-order valence-electron chi connectivity index (χ3n) is 4.59. The van der Waals surface area contributed by atoms with Crippen molar-refractivity contribution >= 4 is 49.7 Å². The van der Waals surface area contributed by atoms with E-state index in [9.17, 15) is 13.2 Å². The van der Waals surface area contributed by atoms with Gasteiger partial charge in [0.25, 0.3) is 15.9 Å². The number of aromatic nitrogens is 1. The molecule has 1 N–H and O–H groups in total. The molecule has 0 bridgehead atoms. The summed E-state index contributed by atoms with van der Waals surface area (Å²) in [5.74, 6) is 0.315. The number of nitrogens with one attached hydrogen (secondary N) is 1. The molecule has 4 rings (SSSR count). The van der Waals surface area contributed by atoms with Gasteiger partial charge in [0, 0.05) is 28.8 Å². The lowest BCUT2D eigenvalue weighted by molar-refractivity contribution is -0.120. The van der Waals surface area contributed by atoms with Crippen LogP contribution in [0.4, 0.5) is 10.8 Å². The van der Waals surface area contributed by atoms with Gasteiger partial charge in [-0.2, -0.15) is 0 Å². The van der Waals surface area contributed by atoms with Crippen molar-refractivity contribution in [2.24, 2.45) is 0 Å². The molecule has 0 saturated carbocycles. The van der Waals surface area contributed by atoms with Crippen LogP contribution in [0.1, 0.15) is 12.0 Å². The normalized spacial score (nSPS) is 13.6. The van der Waals surface area contributed by atoms with E-state index in [0.29, 0.717) is 34.6 Å². The molecule has 30 heavy (non-hydrogen) atoms. The third kappa shape index (κ3) is 4.58. The predicted octanol–water partition coefficient (Wildman–Crippen LogP) is 3.96. The number of halogens is 1. The van der Waals surface area contributed by atoms with E-state index in [-0.39, 0.29) is 17.4 Å². The third-order valence-corrected chi connectivity index (χ3v) is 6.98. The van der Waals surface area contributed by atoms with Gasteiger partial charge in [-0.25, -0.2) is 13.4 Å². The molecule has 10 heteroatoms. The van der Waals surface area contributed by atoms with Crippen molar-refractivity contribution in [3.05, 3.63) is 64.6 Å². The number of thiazole rings is 1. The predicted molar refractivity (Wildman–Crippen MR) is 117 cm³/mol. The van der Waals surface area contributed by atoms with Gasteiger partial charge in [0.2, 0.25) is 0 Å². The molecule has 0 spiro atoms. The van der Waals surface area contributed by atoms with Crippen molar-refractivity contribution in [1.82, 2.24) is 4.98 Å². The highest BCUT2D eigenvalue weighted by Crippen LogP contribution is 2.30. The van der Waals surface area contributed by atoms with Crippen LogP contribution in [0, 0.1) is 0 Å². The first-order valence-corrected chi connectivity index (χ1v) is 11.9. The molecule has 1 aromatic heterocycles. The van der Waals surface area contributed by atoms with Gasteiger partial charge in [0.1, 0.15) is 5.75 Å². The maximum absolute atomic E-state index is 12.7. The number of anilines is 2. The Labute approximate surface area is 183 Å². The minimum atomic E-state index is -3.75. The zero-order valence-electron chi connectivity index (χ0n) is 15.7. The monoisotopic (exact) mass is 463 g/mol. The summed E-state index contributed by atoms with van der Waals surface area (Å²) >= 11 is 7.14. The standard InChI is InChI=1S/C20H18ClN3O4S2/c21-15-4-1-5-16(12-15)28-13-19(25)24-9-2-3-14-11-17(6-7-18(14)24)30(26,27)23-20-22-8-10-29-20/h1,4-8,10-12H,2-3,9,13H2,(H,22,23). The van der Waals surface area contributed by atoms with Gasteiger partial charge in [-0.3, -0.25) is 9.52 Å². The summed E-state index contributed by atoms with van der Waals surface area (Å²) in [6.45, 7) is 0.416. The van der Waals surface area contributed by atoms with Crippen molar-refractivity contribution < 1.29 is 17.9 Å². The van der Waals surface area contributed by atoms with Crippen molar-refractivity contribution in [1.29, 1.82) is 0 Å². The van der Waals surface area contributed by atoms with Crippen molar-refractivity contribution in [3.63, 3.8) is 0 Å². The number of fused-ring (bicyclic) bond motifs is 1. The number of carbonyl (C=O) groups is 1. The topological polar surface area (TPSA) is 88.6 Å². The van der Waals surface area contributed by atoms with E-state index in [2.05, 4.69) is 9.71 Å². The fourth-order valence-corrected chi connectivity index (χ4v) is 5.25. The largest absolute Gasteiger partial charge is 0.484 e. The smallest absolute Gasteiger partial charge is 0.264 e. The van der Waals surface area contributed by atoms with E-state index < -0.39 is 10.0 Å². The van der Waals surface area contributed by atoms with Crippen molar-refractivity contribution in [2.45, 2.75) is 17.7 Å². The summed E-state index contributed by atoms with van der Waals surface area (Å²) in [5.41, 5.74) is 1.51. The van der Waals surface area contributed by atoms with Gasteiger partial charge < -0.3 is 9.64 Å². The van der Waals surface area contributed by atoms with Crippen LogP contribution in [0.25, 0.3) is 0 Å². The fourth-order valence-electron chi connectivity index (χ4n) is 3.23. The lowest BCUT2D eigenvalue weighted by atomic mass is 10.0. The zero-order chi connectivity index (χ0) is 21.1. The number of rotatable bonds is 6. The lowest BCUT2D eigenvalue weighted by Crippen LogP contribution is -2.38. The summed E-state index contributed by atoms with van der Waals surface area (Å²) in [4.78, 5) is 18.5. The second-order valence-electron chi connectivity index (χ2n) is 6.63. The average molecular weight is 464 g/mol. The lowest BCUT2D eigenvalue weighted by Gasteiger charge is -2.29. The van der Waals surface area contributed by atoms with Gasteiger partial charge in [0.15, 0.2) is 11.7 Å². The van der Waals surface area contributed by atoms with Crippen molar-refractivity contribution in [2.75, 3.05) is 22.8 Å². The molecule has 0 radical (unpaired) electrons. The average Bonchev–Trinajstić information content (AvgIpc) is 3.23. The number of hydrogen-bond donors (Lipinski definition) is 1. The van der Waals surface area contributed by atoms with E-state index in [1.165, 1.54) is 23.6 Å². The number of hydrogen-bond acceptors (Lipinski definition) is 6. The molecule has 0 aliphatic carbocycles. The highest BCUT2D eigenvalue weighted by molar-refractivity contribution is 7.93. The number of sulfonamides is 1. The van der Waals surface area contributed by atoms with E-state index in [0.717, 1.165) is 12.0 Å². The molecular weight excluding hydrogens is 446 g/mol. The molecule has 0 unspecified atom stereocenters. The second-order valence-corrected chi connectivity index (χ2v) is 9.64. The summed E-state index contributed by atoms with van der Waals surface area (Å²) in [5, 5.41) is 2.53.